The summed E-state index contributed by atoms with van der Waals surface area (Å²) < 4.78 is 32.5. The summed E-state index contributed by atoms with van der Waals surface area (Å²) in [5.74, 6) is -0.644. The summed E-state index contributed by atoms with van der Waals surface area (Å²) in [7, 11) is 1.63. The summed E-state index contributed by atoms with van der Waals surface area (Å²) in [5, 5.41) is 4.28. The molecule has 6 nitrogen and oxygen atoms in total. The molecular formula is C21H18ClFN2O4. The third kappa shape index (κ3) is 3.83. The van der Waals surface area contributed by atoms with E-state index < -0.39 is 18.1 Å². The number of rotatable bonds is 4. The zero-order chi connectivity index (χ0) is 20.5. The smallest absolute Gasteiger partial charge is 0.343 e. The first-order valence-electron chi connectivity index (χ1n) is 8.94. The second kappa shape index (κ2) is 7.85. The maximum Gasteiger partial charge on any atom is 0.343 e. The van der Waals surface area contributed by atoms with Crippen LogP contribution in [0, 0.1) is 12.7 Å². The predicted octanol–water partition coefficient (Wildman–Crippen LogP) is 4.49. The van der Waals surface area contributed by atoms with Crippen LogP contribution in [0.25, 0.3) is 0 Å². The number of aromatic nitrogens is 2. The lowest BCUT2D eigenvalue weighted by molar-refractivity contribution is -0.112. The van der Waals surface area contributed by atoms with Gasteiger partial charge in [-0.05, 0) is 19.1 Å². The van der Waals surface area contributed by atoms with E-state index in [-0.39, 0.29) is 23.9 Å². The molecule has 3 aromatic rings. The molecule has 0 saturated heterocycles. The molecular weight excluding hydrogens is 399 g/mol. The van der Waals surface area contributed by atoms with Crippen LogP contribution in [0.5, 0.6) is 5.75 Å². The zero-order valence-electron chi connectivity index (χ0n) is 15.8. The minimum atomic E-state index is -0.634. The zero-order valence-corrected chi connectivity index (χ0v) is 16.6. The predicted molar refractivity (Wildman–Crippen MR) is 103 cm³/mol. The molecule has 0 fully saturated rings. The molecule has 1 aromatic heterocycles. The van der Waals surface area contributed by atoms with Gasteiger partial charge < -0.3 is 14.2 Å². The summed E-state index contributed by atoms with van der Waals surface area (Å²) >= 11 is 6.12. The number of hydrogen-bond donors (Lipinski definition) is 0. The van der Waals surface area contributed by atoms with Crippen LogP contribution >= 0.6 is 11.6 Å². The van der Waals surface area contributed by atoms with Gasteiger partial charge in [-0.15, -0.1) is 0 Å². The fourth-order valence-electron chi connectivity index (χ4n) is 3.24. The summed E-state index contributed by atoms with van der Waals surface area (Å²) in [6, 6.07) is 12.1. The van der Waals surface area contributed by atoms with Crippen LogP contribution in [0.3, 0.4) is 0 Å². The molecule has 2 heterocycles. The summed E-state index contributed by atoms with van der Waals surface area (Å²) in [6.07, 6.45) is -0.626. The second-order valence-corrected chi connectivity index (χ2v) is 7.03. The van der Waals surface area contributed by atoms with E-state index in [4.69, 9.17) is 25.8 Å². The van der Waals surface area contributed by atoms with E-state index in [0.717, 1.165) is 5.56 Å². The number of esters is 1. The average molecular weight is 417 g/mol. The van der Waals surface area contributed by atoms with Crippen LogP contribution < -0.4 is 4.74 Å². The number of fused-ring (bicyclic) bond motifs is 1. The Morgan fingerprint density at radius 2 is 2.10 bits per heavy atom. The highest BCUT2D eigenvalue weighted by Crippen LogP contribution is 2.37. The minimum absolute atomic E-state index is 0.175. The molecule has 0 spiro atoms. The lowest BCUT2D eigenvalue weighted by Gasteiger charge is -2.28. The van der Waals surface area contributed by atoms with Crippen LogP contribution in [-0.4, -0.2) is 15.7 Å². The highest BCUT2D eigenvalue weighted by molar-refractivity contribution is 6.32. The lowest BCUT2D eigenvalue weighted by atomic mass is 10.1. The van der Waals surface area contributed by atoms with Gasteiger partial charge in [0.25, 0.3) is 0 Å². The number of nitrogens with zero attached hydrogens (tertiary/aromatic N) is 2. The number of carbonyl (C=O) groups is 1. The monoisotopic (exact) mass is 416 g/mol. The van der Waals surface area contributed by atoms with Crippen molar-refractivity contribution in [1.82, 2.24) is 9.78 Å². The maximum atomic E-state index is 14.1. The molecule has 0 radical (unpaired) electrons. The molecule has 0 N–H and O–H groups in total. The fourth-order valence-corrected chi connectivity index (χ4v) is 3.49. The van der Waals surface area contributed by atoms with E-state index in [9.17, 15) is 9.18 Å². The van der Waals surface area contributed by atoms with Crippen molar-refractivity contribution in [3.05, 3.63) is 81.4 Å². The minimum Gasteiger partial charge on any atom is -0.460 e. The van der Waals surface area contributed by atoms with Crippen LogP contribution in [0.2, 0.25) is 5.15 Å². The number of aryl methyl sites for hydroxylation is 2. The lowest BCUT2D eigenvalue weighted by Crippen LogP contribution is -2.20. The Morgan fingerprint density at radius 3 is 2.79 bits per heavy atom. The Labute approximate surface area is 171 Å². The largest absolute Gasteiger partial charge is 0.460 e. The van der Waals surface area contributed by atoms with E-state index >= 15 is 0 Å². The molecule has 0 aliphatic carbocycles. The molecule has 0 saturated carbocycles. The fraction of sp³-hybridized carbons (Fsp3) is 0.238. The van der Waals surface area contributed by atoms with Crippen LogP contribution in [-0.2, 0) is 29.7 Å². The third-order valence-electron chi connectivity index (χ3n) is 4.61. The molecule has 4 rings (SSSR count). The Balaban J connectivity index is 1.57. The Hall–Kier alpha value is -2.90. The Morgan fingerprint density at radius 1 is 1.34 bits per heavy atom. The first kappa shape index (κ1) is 19.4. The quantitative estimate of drug-likeness (QED) is 0.586. The molecule has 2 aromatic carbocycles. The number of ether oxygens (including phenoxy) is 3. The summed E-state index contributed by atoms with van der Waals surface area (Å²) in [5.41, 5.74) is 2.45. The van der Waals surface area contributed by atoms with Crippen molar-refractivity contribution >= 4 is 17.6 Å². The van der Waals surface area contributed by atoms with Gasteiger partial charge in [0, 0.05) is 23.7 Å². The molecule has 1 atom stereocenters. The van der Waals surface area contributed by atoms with E-state index in [1.165, 1.54) is 16.8 Å². The molecule has 8 heteroatoms. The first-order chi connectivity index (χ1) is 13.9. The van der Waals surface area contributed by atoms with Gasteiger partial charge in [-0.1, -0.05) is 41.9 Å². The normalized spacial score (nSPS) is 15.5. The molecule has 1 aliphatic rings. The van der Waals surface area contributed by atoms with Crippen molar-refractivity contribution in [3.8, 4) is 5.75 Å². The van der Waals surface area contributed by atoms with E-state index in [2.05, 4.69) is 5.10 Å². The van der Waals surface area contributed by atoms with Crippen molar-refractivity contribution in [2.24, 2.45) is 7.05 Å². The maximum absolute atomic E-state index is 14.1. The van der Waals surface area contributed by atoms with Crippen LogP contribution in [0.15, 0.2) is 42.5 Å². The molecule has 150 valence electrons. The van der Waals surface area contributed by atoms with Crippen molar-refractivity contribution in [2.45, 2.75) is 26.4 Å². The Kier molecular flexibility index (Phi) is 5.25. The number of hydrogen-bond acceptors (Lipinski definition) is 5. The highest BCUT2D eigenvalue weighted by atomic mass is 35.5. The van der Waals surface area contributed by atoms with Gasteiger partial charge in [-0.2, -0.15) is 5.10 Å². The second-order valence-electron chi connectivity index (χ2n) is 6.68. The van der Waals surface area contributed by atoms with E-state index in [1.807, 2.05) is 30.3 Å². The van der Waals surface area contributed by atoms with Crippen LogP contribution in [0.1, 0.15) is 39.0 Å². The van der Waals surface area contributed by atoms with Crippen molar-refractivity contribution in [2.75, 3.05) is 0 Å². The highest BCUT2D eigenvalue weighted by Gasteiger charge is 2.26. The van der Waals surface area contributed by atoms with Crippen molar-refractivity contribution in [3.63, 3.8) is 0 Å². The van der Waals surface area contributed by atoms with Gasteiger partial charge in [0.15, 0.2) is 0 Å². The Bertz CT molecular complexity index is 1070. The van der Waals surface area contributed by atoms with Crippen molar-refractivity contribution < 1.29 is 23.4 Å². The topological polar surface area (TPSA) is 62.6 Å². The standard InChI is InChI=1S/C21H18ClFN2O4/c1-12-17(19(22)25(2)24-12)20(26)27-10-14-8-16(23)9-15-11-28-21(29-18(14)15)13-6-4-3-5-7-13/h3-9,21H,10-11H2,1-2H3/t21-/m0/s1. The summed E-state index contributed by atoms with van der Waals surface area (Å²) in [4.78, 5) is 12.5. The van der Waals surface area contributed by atoms with Crippen LogP contribution in [0.4, 0.5) is 4.39 Å². The number of halogens is 2. The van der Waals surface area contributed by atoms with E-state index in [0.29, 0.717) is 22.6 Å². The molecule has 0 amide bonds. The molecule has 1 aliphatic heterocycles. The first-order valence-corrected chi connectivity index (χ1v) is 9.32. The van der Waals surface area contributed by atoms with Gasteiger partial charge in [0.1, 0.15) is 28.9 Å². The van der Waals surface area contributed by atoms with Gasteiger partial charge >= 0.3 is 5.97 Å². The number of carbonyl (C=O) groups excluding carboxylic acids is 1. The number of benzene rings is 2. The summed E-state index contributed by atoms with van der Waals surface area (Å²) in [6.45, 7) is 1.67. The van der Waals surface area contributed by atoms with Gasteiger partial charge in [-0.25, -0.2) is 9.18 Å². The van der Waals surface area contributed by atoms with Gasteiger partial charge in [0.05, 0.1) is 12.3 Å². The average Bonchev–Trinajstić information content (AvgIpc) is 2.97. The molecule has 0 bridgehead atoms. The third-order valence-corrected chi connectivity index (χ3v) is 5.04. The van der Waals surface area contributed by atoms with E-state index in [1.54, 1.807) is 14.0 Å². The van der Waals surface area contributed by atoms with Gasteiger partial charge in [-0.3, -0.25) is 4.68 Å². The SMILES string of the molecule is Cc1nn(C)c(Cl)c1C(=O)OCc1cc(F)cc2c1O[C@@H](c1ccccc1)OC2. The molecule has 29 heavy (non-hydrogen) atoms. The van der Waals surface area contributed by atoms with Crippen molar-refractivity contribution in [1.29, 1.82) is 0 Å². The van der Waals surface area contributed by atoms with Gasteiger partial charge in [0.2, 0.25) is 6.29 Å². The molecule has 0 unspecified atom stereocenters.